The fourth-order valence-corrected chi connectivity index (χ4v) is 4.27. The van der Waals surface area contributed by atoms with Crippen molar-refractivity contribution in [2.24, 2.45) is 0 Å². The summed E-state index contributed by atoms with van der Waals surface area (Å²) in [5, 5.41) is 5.97. The number of amides is 3. The molecule has 7 nitrogen and oxygen atoms in total. The molecular weight excluding hydrogens is 502 g/mol. The molecule has 2 aromatic rings. The zero-order valence-corrected chi connectivity index (χ0v) is 24.0. The number of hydrogen-bond acceptors (Lipinski definition) is 4. The Bertz CT molecular complexity index is 1120. The Balaban J connectivity index is 2.51. The minimum absolute atomic E-state index is 0.324. The van der Waals surface area contributed by atoms with Gasteiger partial charge in [0.1, 0.15) is 17.7 Å². The molecular formula is C30H40ClN3O4. The summed E-state index contributed by atoms with van der Waals surface area (Å²) >= 11 is 6.41. The summed E-state index contributed by atoms with van der Waals surface area (Å²) < 4.78 is 5.34. The summed E-state index contributed by atoms with van der Waals surface area (Å²) in [6.07, 6.45) is 3.50. The molecule has 3 amide bonds. The number of para-hydroxylation sites is 1. The molecule has 0 saturated heterocycles. The zero-order chi connectivity index (χ0) is 28.5. The number of unbranched alkanes of at least 4 members (excludes halogenated alkanes) is 2. The summed E-state index contributed by atoms with van der Waals surface area (Å²) in [4.78, 5) is 41.7. The van der Waals surface area contributed by atoms with E-state index in [1.54, 1.807) is 39.8 Å². The van der Waals surface area contributed by atoms with E-state index in [-0.39, 0.29) is 0 Å². The van der Waals surface area contributed by atoms with Gasteiger partial charge in [0.2, 0.25) is 5.91 Å². The third-order valence-electron chi connectivity index (χ3n) is 5.88. The molecule has 8 heteroatoms. The molecule has 0 saturated carbocycles. The third-order valence-corrected chi connectivity index (χ3v) is 6.20. The maximum Gasteiger partial charge on any atom is 0.408 e. The molecule has 0 aliphatic rings. The molecule has 2 N–H and O–H groups in total. The minimum Gasteiger partial charge on any atom is -0.444 e. The number of nitrogens with zero attached hydrogens (tertiary/aromatic N) is 1. The van der Waals surface area contributed by atoms with Crippen molar-refractivity contribution in [3.8, 4) is 0 Å². The monoisotopic (exact) mass is 541 g/mol. The second-order valence-electron chi connectivity index (χ2n) is 10.3. The van der Waals surface area contributed by atoms with Crippen molar-refractivity contribution in [1.29, 1.82) is 0 Å². The van der Waals surface area contributed by atoms with E-state index in [2.05, 4.69) is 24.1 Å². The van der Waals surface area contributed by atoms with E-state index in [0.29, 0.717) is 29.2 Å². The van der Waals surface area contributed by atoms with Crippen LogP contribution in [0.5, 0.6) is 0 Å². The first-order valence-electron chi connectivity index (χ1n) is 13.0. The number of carbonyl (C=O) groups excluding carboxylic acids is 3. The molecule has 0 heterocycles. The van der Waals surface area contributed by atoms with Crippen LogP contribution in [0.1, 0.15) is 76.6 Å². The van der Waals surface area contributed by atoms with Crippen molar-refractivity contribution in [3.05, 3.63) is 70.8 Å². The second kappa shape index (κ2) is 14.0. The Morgan fingerprint density at radius 3 is 2.42 bits per heavy atom. The normalized spacial score (nSPS) is 12.7. The second-order valence-corrected chi connectivity index (χ2v) is 10.7. The quantitative estimate of drug-likeness (QED) is 0.303. The molecule has 0 radical (unpaired) electrons. The lowest BCUT2D eigenvalue weighted by molar-refractivity contribution is -0.140. The lowest BCUT2D eigenvalue weighted by Crippen LogP contribution is -2.51. The Morgan fingerprint density at radius 1 is 1.13 bits per heavy atom. The number of halogens is 1. The van der Waals surface area contributed by atoms with Crippen LogP contribution in [-0.4, -0.2) is 41.0 Å². The molecule has 2 unspecified atom stereocenters. The van der Waals surface area contributed by atoms with Crippen molar-refractivity contribution in [2.75, 3.05) is 11.9 Å². The predicted octanol–water partition coefficient (Wildman–Crippen LogP) is 6.90. The summed E-state index contributed by atoms with van der Waals surface area (Å²) in [6, 6.07) is 10.8. The lowest BCUT2D eigenvalue weighted by atomic mass is 9.99. The Labute approximate surface area is 231 Å². The van der Waals surface area contributed by atoms with Crippen molar-refractivity contribution in [1.82, 2.24) is 10.2 Å². The molecule has 206 valence electrons. The summed E-state index contributed by atoms with van der Waals surface area (Å²) in [7, 11) is 0. The zero-order valence-electron chi connectivity index (χ0n) is 23.3. The van der Waals surface area contributed by atoms with E-state index in [1.807, 2.05) is 43.3 Å². The number of anilines is 1. The van der Waals surface area contributed by atoms with Crippen LogP contribution in [0.15, 0.2) is 49.0 Å². The SMILES string of the molecule is C=Cc1cccc(C(C(=O)Nc2c(C)cccc2Cl)N(CCCCC)C(=O)C(C)NC(=O)OC(C)(C)C)c1. The number of alkyl carbamates (subject to hydrolysis) is 1. The van der Waals surface area contributed by atoms with Gasteiger partial charge in [0, 0.05) is 6.54 Å². The van der Waals surface area contributed by atoms with Crippen LogP contribution in [0.3, 0.4) is 0 Å². The fraction of sp³-hybridized carbons (Fsp3) is 0.433. The highest BCUT2D eigenvalue weighted by Gasteiger charge is 2.35. The topological polar surface area (TPSA) is 87.7 Å². The number of rotatable bonds is 11. The van der Waals surface area contributed by atoms with Crippen molar-refractivity contribution < 1.29 is 19.1 Å². The first kappa shape index (κ1) is 30.9. The molecule has 0 aromatic heterocycles. The molecule has 0 fully saturated rings. The Morgan fingerprint density at radius 2 is 1.82 bits per heavy atom. The first-order chi connectivity index (χ1) is 17.9. The number of benzene rings is 2. The maximum absolute atomic E-state index is 13.9. The molecule has 0 aliphatic carbocycles. The number of nitrogens with one attached hydrogen (secondary N) is 2. The molecule has 2 rings (SSSR count). The average Bonchev–Trinajstić information content (AvgIpc) is 2.84. The standard InChI is InChI=1S/C30H40ClN3O4/c1-8-10-11-18-34(28(36)21(4)32-29(37)38-30(5,6)7)26(23-16-13-15-22(9-2)19-23)27(35)33-25-20(3)14-12-17-24(25)31/h9,12-17,19,21,26H,2,8,10-11,18H2,1,3-7H3,(H,32,37)(H,33,35). The van der Waals surface area contributed by atoms with Gasteiger partial charge in [0.15, 0.2) is 0 Å². The highest BCUT2D eigenvalue weighted by molar-refractivity contribution is 6.34. The molecule has 2 aromatic carbocycles. The average molecular weight is 542 g/mol. The van der Waals surface area contributed by atoms with E-state index in [1.165, 1.54) is 4.90 Å². The number of hydrogen-bond donors (Lipinski definition) is 2. The molecule has 0 spiro atoms. The summed E-state index contributed by atoms with van der Waals surface area (Å²) in [6.45, 7) is 14.9. The van der Waals surface area contributed by atoms with Crippen molar-refractivity contribution >= 4 is 41.3 Å². The largest absolute Gasteiger partial charge is 0.444 e. The van der Waals surface area contributed by atoms with Gasteiger partial charge >= 0.3 is 6.09 Å². The van der Waals surface area contributed by atoms with Crippen LogP contribution in [0.4, 0.5) is 10.5 Å². The van der Waals surface area contributed by atoms with Crippen molar-refractivity contribution in [2.45, 2.75) is 78.5 Å². The highest BCUT2D eigenvalue weighted by atomic mass is 35.5. The van der Waals surface area contributed by atoms with Gasteiger partial charge in [-0.25, -0.2) is 4.79 Å². The van der Waals surface area contributed by atoms with Crippen LogP contribution < -0.4 is 10.6 Å². The van der Waals surface area contributed by atoms with E-state index < -0.39 is 35.6 Å². The number of carbonyl (C=O) groups is 3. The Hall–Kier alpha value is -3.32. The van der Waals surface area contributed by atoms with Gasteiger partial charge in [-0.3, -0.25) is 9.59 Å². The number of aryl methyl sites for hydroxylation is 1. The van der Waals surface area contributed by atoms with E-state index in [4.69, 9.17) is 16.3 Å². The highest BCUT2D eigenvalue weighted by Crippen LogP contribution is 2.30. The molecule has 38 heavy (non-hydrogen) atoms. The molecule has 0 bridgehead atoms. The van der Waals surface area contributed by atoms with E-state index in [9.17, 15) is 14.4 Å². The van der Waals surface area contributed by atoms with Crippen LogP contribution in [-0.2, 0) is 14.3 Å². The maximum atomic E-state index is 13.9. The predicted molar refractivity (Wildman–Crippen MR) is 154 cm³/mol. The van der Waals surface area contributed by atoms with Gasteiger partial charge in [-0.1, -0.05) is 74.4 Å². The van der Waals surface area contributed by atoms with Gasteiger partial charge in [-0.2, -0.15) is 0 Å². The molecule has 0 aliphatic heterocycles. The van der Waals surface area contributed by atoms with Crippen LogP contribution in [0, 0.1) is 6.92 Å². The summed E-state index contributed by atoms with van der Waals surface area (Å²) in [5.74, 6) is -0.802. The Kier molecular flexibility index (Phi) is 11.4. The lowest BCUT2D eigenvalue weighted by Gasteiger charge is -2.34. The van der Waals surface area contributed by atoms with Crippen molar-refractivity contribution in [3.63, 3.8) is 0 Å². The fourth-order valence-electron chi connectivity index (χ4n) is 4.00. The van der Waals surface area contributed by atoms with E-state index >= 15 is 0 Å². The van der Waals surface area contributed by atoms with Gasteiger partial charge < -0.3 is 20.3 Å². The van der Waals surface area contributed by atoms with Crippen LogP contribution >= 0.6 is 11.6 Å². The smallest absolute Gasteiger partial charge is 0.408 e. The first-order valence-corrected chi connectivity index (χ1v) is 13.3. The summed E-state index contributed by atoms with van der Waals surface area (Å²) in [5.41, 5.74) is 2.01. The number of ether oxygens (including phenoxy) is 1. The third kappa shape index (κ3) is 8.91. The minimum atomic E-state index is -0.974. The van der Waals surface area contributed by atoms with Crippen LogP contribution in [0.2, 0.25) is 5.02 Å². The molecule has 2 atom stereocenters. The van der Waals surface area contributed by atoms with Gasteiger partial charge in [0.05, 0.1) is 10.7 Å². The van der Waals surface area contributed by atoms with Gasteiger partial charge in [0.25, 0.3) is 5.91 Å². The van der Waals surface area contributed by atoms with Gasteiger partial charge in [-0.05, 0) is 69.9 Å². The van der Waals surface area contributed by atoms with E-state index in [0.717, 1.165) is 24.0 Å². The van der Waals surface area contributed by atoms with Gasteiger partial charge in [-0.15, -0.1) is 0 Å². The van der Waals surface area contributed by atoms with Crippen LogP contribution in [0.25, 0.3) is 6.08 Å².